The van der Waals surface area contributed by atoms with Crippen LogP contribution >= 0.6 is 0 Å². The predicted molar refractivity (Wildman–Crippen MR) is 82.9 cm³/mol. The molecule has 0 amide bonds. The first-order chi connectivity index (χ1) is 9.36. The molecule has 4 heteroatoms. The van der Waals surface area contributed by atoms with Gasteiger partial charge in [-0.15, -0.1) is 0 Å². The maximum Gasteiger partial charge on any atom is 0.137 e. The van der Waals surface area contributed by atoms with Crippen molar-refractivity contribution in [3.8, 4) is 0 Å². The van der Waals surface area contributed by atoms with Crippen molar-refractivity contribution in [1.82, 2.24) is 9.97 Å². The van der Waals surface area contributed by atoms with E-state index in [9.17, 15) is 0 Å². The molecule has 4 nitrogen and oxygen atoms in total. The van der Waals surface area contributed by atoms with Crippen LogP contribution in [-0.2, 0) is 0 Å². The Kier molecular flexibility index (Phi) is 3.14. The Morgan fingerprint density at radius 3 is 2.40 bits per heavy atom. The van der Waals surface area contributed by atoms with E-state index in [0.717, 1.165) is 36.2 Å². The molecule has 1 saturated carbocycles. The van der Waals surface area contributed by atoms with Crippen LogP contribution in [-0.4, -0.2) is 23.1 Å². The lowest BCUT2D eigenvalue weighted by Crippen LogP contribution is -2.27. The Morgan fingerprint density at radius 1 is 1.15 bits per heavy atom. The van der Waals surface area contributed by atoms with Crippen LogP contribution in [0.15, 0.2) is 0 Å². The van der Waals surface area contributed by atoms with Gasteiger partial charge in [0.05, 0.1) is 0 Å². The van der Waals surface area contributed by atoms with Crippen molar-refractivity contribution in [2.75, 3.05) is 23.7 Å². The molecule has 1 atom stereocenters. The minimum Gasteiger partial charge on any atom is -0.383 e. The van der Waals surface area contributed by atoms with Gasteiger partial charge < -0.3 is 10.6 Å². The highest BCUT2D eigenvalue weighted by Crippen LogP contribution is 2.41. The van der Waals surface area contributed by atoms with Gasteiger partial charge in [0.1, 0.15) is 17.5 Å². The van der Waals surface area contributed by atoms with Gasteiger partial charge in [0.25, 0.3) is 0 Å². The molecule has 0 spiro atoms. The molecule has 2 heterocycles. The van der Waals surface area contributed by atoms with E-state index < -0.39 is 0 Å². The van der Waals surface area contributed by atoms with Crippen LogP contribution in [0.25, 0.3) is 0 Å². The summed E-state index contributed by atoms with van der Waals surface area (Å²) in [6, 6.07) is 0. The van der Waals surface area contributed by atoms with Gasteiger partial charge in [-0.3, -0.25) is 0 Å². The first-order valence-corrected chi connectivity index (χ1v) is 7.75. The molecule has 0 bridgehead atoms. The summed E-state index contributed by atoms with van der Waals surface area (Å²) in [6.45, 7) is 11.2. The smallest absolute Gasteiger partial charge is 0.137 e. The maximum absolute atomic E-state index is 6.10. The summed E-state index contributed by atoms with van der Waals surface area (Å²) in [5.74, 6) is 3.98. The van der Waals surface area contributed by atoms with Crippen molar-refractivity contribution in [2.45, 2.75) is 52.9 Å². The van der Waals surface area contributed by atoms with Crippen LogP contribution < -0.4 is 10.6 Å². The number of rotatable bonds is 2. The van der Waals surface area contributed by atoms with Crippen molar-refractivity contribution in [3.05, 3.63) is 11.4 Å². The van der Waals surface area contributed by atoms with Crippen molar-refractivity contribution >= 4 is 11.6 Å². The lowest BCUT2D eigenvalue weighted by atomic mass is 9.80. The molecule has 1 unspecified atom stereocenters. The number of hydrogen-bond acceptors (Lipinski definition) is 4. The minimum absolute atomic E-state index is 0.362. The number of aromatic nitrogens is 2. The molecule has 2 N–H and O–H groups in total. The first kappa shape index (κ1) is 13.7. The summed E-state index contributed by atoms with van der Waals surface area (Å²) >= 11 is 0. The van der Waals surface area contributed by atoms with Crippen LogP contribution in [0.4, 0.5) is 11.6 Å². The highest BCUT2D eigenvalue weighted by atomic mass is 15.2. The van der Waals surface area contributed by atoms with Crippen molar-refractivity contribution in [2.24, 2.45) is 11.3 Å². The van der Waals surface area contributed by atoms with E-state index in [0.29, 0.717) is 17.2 Å². The second-order valence-corrected chi connectivity index (χ2v) is 7.49. The van der Waals surface area contributed by atoms with Crippen LogP contribution in [0.5, 0.6) is 0 Å². The average Bonchev–Trinajstić information content (AvgIpc) is 3.08. The van der Waals surface area contributed by atoms with E-state index in [-0.39, 0.29) is 0 Å². The third kappa shape index (κ3) is 2.48. The molecule has 1 saturated heterocycles. The number of hydrogen-bond donors (Lipinski definition) is 1. The standard InChI is InChI=1S/C16H26N4/c1-10-13(17)18-14(11-5-6-11)19-15(10)20-8-7-12(9-20)16(2,3)4/h11-12H,5-9H2,1-4H3,(H2,17,18,19). The summed E-state index contributed by atoms with van der Waals surface area (Å²) < 4.78 is 0. The van der Waals surface area contributed by atoms with Gasteiger partial charge in [-0.25, -0.2) is 9.97 Å². The lowest BCUT2D eigenvalue weighted by Gasteiger charge is -2.27. The van der Waals surface area contributed by atoms with E-state index in [2.05, 4.69) is 30.7 Å². The molecule has 110 valence electrons. The molecule has 1 aliphatic carbocycles. The minimum atomic E-state index is 0.362. The van der Waals surface area contributed by atoms with Gasteiger partial charge in [-0.05, 0) is 37.5 Å². The zero-order chi connectivity index (χ0) is 14.5. The Bertz CT molecular complexity index is 514. The summed E-state index contributed by atoms with van der Waals surface area (Å²) in [7, 11) is 0. The van der Waals surface area contributed by atoms with Gasteiger partial charge in [0.15, 0.2) is 0 Å². The normalized spacial score (nSPS) is 23.4. The Labute approximate surface area is 121 Å². The largest absolute Gasteiger partial charge is 0.383 e. The molecular formula is C16H26N4. The van der Waals surface area contributed by atoms with Crippen LogP contribution in [0.1, 0.15) is 57.3 Å². The lowest BCUT2D eigenvalue weighted by molar-refractivity contribution is 0.263. The van der Waals surface area contributed by atoms with Crippen LogP contribution in [0.3, 0.4) is 0 Å². The average molecular weight is 274 g/mol. The third-order valence-corrected chi connectivity index (χ3v) is 4.83. The SMILES string of the molecule is Cc1c(N)nc(C2CC2)nc1N1CCC(C(C)(C)C)C1. The zero-order valence-electron chi connectivity index (χ0n) is 13.1. The fourth-order valence-corrected chi connectivity index (χ4v) is 3.03. The van der Waals surface area contributed by atoms with Crippen molar-refractivity contribution in [1.29, 1.82) is 0 Å². The molecular weight excluding hydrogens is 248 g/mol. The van der Waals surface area contributed by atoms with Crippen molar-refractivity contribution < 1.29 is 0 Å². The van der Waals surface area contributed by atoms with Crippen LogP contribution in [0, 0.1) is 18.3 Å². The quantitative estimate of drug-likeness (QED) is 0.900. The fraction of sp³-hybridized carbons (Fsp3) is 0.750. The molecule has 0 radical (unpaired) electrons. The van der Waals surface area contributed by atoms with E-state index in [1.807, 2.05) is 6.92 Å². The van der Waals surface area contributed by atoms with Crippen molar-refractivity contribution in [3.63, 3.8) is 0 Å². The van der Waals surface area contributed by atoms with Crippen LogP contribution in [0.2, 0.25) is 0 Å². The molecule has 2 aliphatic rings. The molecule has 1 aliphatic heterocycles. The number of nitrogens with two attached hydrogens (primary N) is 1. The summed E-state index contributed by atoms with van der Waals surface area (Å²) in [5.41, 5.74) is 7.50. The molecule has 3 rings (SSSR count). The Morgan fingerprint density at radius 2 is 1.85 bits per heavy atom. The molecule has 20 heavy (non-hydrogen) atoms. The molecule has 1 aromatic rings. The van der Waals surface area contributed by atoms with Gasteiger partial charge in [-0.2, -0.15) is 0 Å². The van der Waals surface area contributed by atoms with Gasteiger partial charge in [0.2, 0.25) is 0 Å². The summed E-state index contributed by atoms with van der Waals surface area (Å²) in [4.78, 5) is 11.7. The second kappa shape index (κ2) is 4.61. The highest BCUT2D eigenvalue weighted by Gasteiger charge is 2.34. The molecule has 2 fully saturated rings. The first-order valence-electron chi connectivity index (χ1n) is 7.75. The zero-order valence-corrected chi connectivity index (χ0v) is 13.1. The molecule has 1 aromatic heterocycles. The maximum atomic E-state index is 6.10. The molecule has 0 aromatic carbocycles. The monoisotopic (exact) mass is 274 g/mol. The summed E-state index contributed by atoms with van der Waals surface area (Å²) in [5, 5.41) is 0. The van der Waals surface area contributed by atoms with E-state index in [1.54, 1.807) is 0 Å². The van der Waals surface area contributed by atoms with Gasteiger partial charge in [-0.1, -0.05) is 20.8 Å². The Balaban J connectivity index is 1.87. The fourth-order valence-electron chi connectivity index (χ4n) is 3.03. The third-order valence-electron chi connectivity index (χ3n) is 4.83. The number of anilines is 2. The van der Waals surface area contributed by atoms with Gasteiger partial charge >= 0.3 is 0 Å². The second-order valence-electron chi connectivity index (χ2n) is 7.49. The number of nitrogen functional groups attached to an aromatic ring is 1. The van der Waals surface area contributed by atoms with E-state index in [1.165, 1.54) is 19.3 Å². The number of nitrogens with zero attached hydrogens (tertiary/aromatic N) is 3. The van der Waals surface area contributed by atoms with Gasteiger partial charge in [0, 0.05) is 24.6 Å². The van der Waals surface area contributed by atoms with E-state index >= 15 is 0 Å². The highest BCUT2D eigenvalue weighted by molar-refractivity contribution is 5.57. The van der Waals surface area contributed by atoms with E-state index in [4.69, 9.17) is 10.7 Å². The Hall–Kier alpha value is -1.32. The summed E-state index contributed by atoms with van der Waals surface area (Å²) in [6.07, 6.45) is 3.67. The topological polar surface area (TPSA) is 55.0 Å². The predicted octanol–water partition coefficient (Wildman–Crippen LogP) is 3.12.